The average molecular weight is 537 g/mol. The summed E-state index contributed by atoms with van der Waals surface area (Å²) in [4.78, 5) is 12.2. The van der Waals surface area contributed by atoms with Gasteiger partial charge in [0.2, 0.25) is 0 Å². The summed E-state index contributed by atoms with van der Waals surface area (Å²) in [5.74, 6) is -0.487. The molecule has 1 aromatic carbocycles. The van der Waals surface area contributed by atoms with E-state index in [1.165, 1.54) is 7.11 Å². The smallest absolute Gasteiger partial charge is 0.346 e. The number of rotatable bonds is 16. The number of benzene rings is 1. The van der Waals surface area contributed by atoms with E-state index in [1.807, 2.05) is 0 Å². The Morgan fingerprint density at radius 1 is 0.714 bits per heavy atom. The lowest BCUT2D eigenvalue weighted by atomic mass is 10.1. The Kier molecular flexibility index (Phi) is 13.4. The number of ether oxygens (including phenoxy) is 2. The molecule has 0 saturated heterocycles. The van der Waals surface area contributed by atoms with E-state index < -0.39 is 51.0 Å². The van der Waals surface area contributed by atoms with Crippen LogP contribution in [0.15, 0.2) is 24.3 Å². The van der Waals surface area contributed by atoms with Crippen LogP contribution in [-0.4, -0.2) is 56.1 Å². The Morgan fingerprint density at radius 2 is 1.11 bits per heavy atom. The topological polar surface area (TPSA) is 107 Å². The summed E-state index contributed by atoms with van der Waals surface area (Å²) in [6.07, 6.45) is -1.82. The van der Waals surface area contributed by atoms with Crippen LogP contribution in [-0.2, 0) is 43.1 Å². The molecule has 0 fully saturated rings. The lowest BCUT2D eigenvalue weighted by Gasteiger charge is -2.35. The van der Waals surface area contributed by atoms with Crippen molar-refractivity contribution in [1.29, 1.82) is 0 Å². The monoisotopic (exact) mass is 536 g/mol. The van der Waals surface area contributed by atoms with E-state index in [0.717, 1.165) is 0 Å². The van der Waals surface area contributed by atoms with Crippen molar-refractivity contribution in [2.24, 2.45) is 0 Å². The molecule has 0 spiro atoms. The number of carbonyl (C=O) groups is 1. The molecule has 0 aromatic heterocycles. The maximum absolute atomic E-state index is 14.2. The molecule has 0 heterocycles. The van der Waals surface area contributed by atoms with Gasteiger partial charge in [-0.1, -0.05) is 12.1 Å². The first kappa shape index (κ1) is 32.0. The van der Waals surface area contributed by atoms with Crippen LogP contribution in [0.3, 0.4) is 0 Å². The van der Waals surface area contributed by atoms with Crippen molar-refractivity contribution in [2.75, 3.05) is 20.3 Å². The van der Waals surface area contributed by atoms with Gasteiger partial charge in [-0.25, -0.2) is 4.79 Å². The van der Waals surface area contributed by atoms with Crippen molar-refractivity contribution >= 4 is 21.2 Å². The van der Waals surface area contributed by atoms with Crippen LogP contribution in [0.4, 0.5) is 0 Å². The third kappa shape index (κ3) is 10.8. The van der Waals surface area contributed by atoms with Gasteiger partial charge in [-0.3, -0.25) is 9.13 Å². The van der Waals surface area contributed by atoms with Crippen molar-refractivity contribution in [3.8, 4) is 0 Å². The van der Waals surface area contributed by atoms with Crippen molar-refractivity contribution in [3.63, 3.8) is 0 Å². The molecule has 35 heavy (non-hydrogen) atoms. The van der Waals surface area contributed by atoms with Gasteiger partial charge in [0, 0.05) is 7.11 Å². The maximum Gasteiger partial charge on any atom is 0.346 e. The van der Waals surface area contributed by atoms with Gasteiger partial charge in [-0.05, 0) is 79.5 Å². The van der Waals surface area contributed by atoms with E-state index >= 15 is 0 Å². The van der Waals surface area contributed by atoms with Gasteiger partial charge in [0.25, 0.3) is 0 Å². The summed E-state index contributed by atoms with van der Waals surface area (Å²) < 4.78 is 61.7. The zero-order valence-corrected chi connectivity index (χ0v) is 24.2. The molecule has 0 aliphatic heterocycles. The minimum absolute atomic E-state index is 0.0203. The summed E-state index contributed by atoms with van der Waals surface area (Å²) in [6.45, 7) is 14.3. The Labute approximate surface area is 210 Å². The molecule has 0 N–H and O–H groups in total. The quantitative estimate of drug-likeness (QED) is 0.134. The molecule has 11 heteroatoms. The minimum atomic E-state index is -4.01. The lowest BCUT2D eigenvalue weighted by Crippen LogP contribution is -2.25. The minimum Gasteiger partial charge on any atom is -0.460 e. The highest BCUT2D eigenvalue weighted by Gasteiger charge is 2.52. The summed E-state index contributed by atoms with van der Waals surface area (Å²) in [6, 6.07) is 6.56. The SMILES string of the molecule is COCCOC(=O)c1ccc(CC(P(=O)(OC(C)C)OC(C)C)P(=O)(OC(C)C)OC(C)C)cc1. The standard InChI is InChI=1S/C24H42O9P2/c1-17(2)30-34(26,31-18(3)4)23(35(27,32-19(5)6)33-20(7)8)16-21-10-12-22(13-11-21)24(25)29-15-14-28-9/h10-13,17-20,23H,14-16H2,1-9H3. The Morgan fingerprint density at radius 3 is 1.46 bits per heavy atom. The van der Waals surface area contributed by atoms with Gasteiger partial charge in [0.15, 0.2) is 5.40 Å². The van der Waals surface area contributed by atoms with E-state index in [4.69, 9.17) is 27.6 Å². The summed E-state index contributed by atoms with van der Waals surface area (Å²) in [5, 5.41) is -1.22. The number of esters is 1. The summed E-state index contributed by atoms with van der Waals surface area (Å²) in [5.41, 5.74) is 1.00. The molecule has 0 amide bonds. The van der Waals surface area contributed by atoms with Gasteiger partial charge in [0.05, 0.1) is 36.6 Å². The molecule has 0 unspecified atom stereocenters. The van der Waals surface area contributed by atoms with Crippen LogP contribution >= 0.6 is 15.2 Å². The van der Waals surface area contributed by atoms with E-state index in [-0.39, 0.29) is 13.0 Å². The molecule has 202 valence electrons. The number of hydrogen-bond acceptors (Lipinski definition) is 9. The largest absolute Gasteiger partial charge is 0.460 e. The number of carbonyl (C=O) groups excluding carboxylic acids is 1. The molecule has 1 aromatic rings. The molecule has 0 aliphatic carbocycles. The molecule has 0 aliphatic rings. The number of hydrogen-bond donors (Lipinski definition) is 0. The highest BCUT2D eigenvalue weighted by Crippen LogP contribution is 2.72. The van der Waals surface area contributed by atoms with Gasteiger partial charge >= 0.3 is 21.2 Å². The zero-order valence-electron chi connectivity index (χ0n) is 22.4. The second-order valence-corrected chi connectivity index (χ2v) is 13.9. The summed E-state index contributed by atoms with van der Waals surface area (Å²) >= 11 is 0. The predicted octanol–water partition coefficient (Wildman–Crippen LogP) is 6.44. The van der Waals surface area contributed by atoms with Gasteiger partial charge in [-0.2, -0.15) is 0 Å². The average Bonchev–Trinajstić information content (AvgIpc) is 2.69. The van der Waals surface area contributed by atoms with Gasteiger partial charge < -0.3 is 27.6 Å². The van der Waals surface area contributed by atoms with Crippen molar-refractivity contribution in [2.45, 2.75) is 91.6 Å². The molecule has 0 atom stereocenters. The van der Waals surface area contributed by atoms with E-state index in [0.29, 0.717) is 17.7 Å². The molecular formula is C24H42O9P2. The maximum atomic E-state index is 14.2. The van der Waals surface area contributed by atoms with Crippen LogP contribution in [0.5, 0.6) is 0 Å². The fourth-order valence-electron chi connectivity index (χ4n) is 3.19. The molecule has 0 saturated carbocycles. The van der Waals surface area contributed by atoms with E-state index in [1.54, 1.807) is 79.7 Å². The second-order valence-electron chi connectivity index (χ2n) is 9.21. The first-order valence-electron chi connectivity index (χ1n) is 11.9. The lowest BCUT2D eigenvalue weighted by molar-refractivity contribution is 0.0388. The first-order chi connectivity index (χ1) is 16.2. The predicted molar refractivity (Wildman–Crippen MR) is 136 cm³/mol. The molecular weight excluding hydrogens is 494 g/mol. The van der Waals surface area contributed by atoms with Crippen LogP contribution in [0.2, 0.25) is 0 Å². The Balaban J connectivity index is 3.44. The Bertz CT molecular complexity index is 800. The van der Waals surface area contributed by atoms with E-state index in [2.05, 4.69) is 0 Å². The van der Waals surface area contributed by atoms with Crippen molar-refractivity contribution < 1.29 is 41.5 Å². The fourth-order valence-corrected chi connectivity index (χ4v) is 9.11. The Hall–Kier alpha value is -1.05. The molecule has 9 nitrogen and oxygen atoms in total. The second kappa shape index (κ2) is 14.6. The van der Waals surface area contributed by atoms with E-state index in [9.17, 15) is 13.9 Å². The first-order valence-corrected chi connectivity index (χ1v) is 15.1. The van der Waals surface area contributed by atoms with Gasteiger partial charge in [-0.15, -0.1) is 0 Å². The highest BCUT2D eigenvalue weighted by atomic mass is 31.2. The third-order valence-electron chi connectivity index (χ3n) is 4.29. The van der Waals surface area contributed by atoms with Crippen molar-refractivity contribution in [3.05, 3.63) is 35.4 Å². The zero-order chi connectivity index (χ0) is 26.8. The van der Waals surface area contributed by atoms with Crippen LogP contribution < -0.4 is 0 Å². The normalized spacial score (nSPS) is 13.0. The van der Waals surface area contributed by atoms with Crippen molar-refractivity contribution in [1.82, 2.24) is 0 Å². The molecule has 0 bridgehead atoms. The third-order valence-corrected chi connectivity index (χ3v) is 10.7. The van der Waals surface area contributed by atoms with Crippen LogP contribution in [0.25, 0.3) is 0 Å². The van der Waals surface area contributed by atoms with Gasteiger partial charge in [0.1, 0.15) is 6.61 Å². The van der Waals surface area contributed by atoms with Crippen LogP contribution in [0, 0.1) is 0 Å². The fraction of sp³-hybridized carbons (Fsp3) is 0.708. The molecule has 0 radical (unpaired) electrons. The highest BCUT2D eigenvalue weighted by molar-refractivity contribution is 7.72. The van der Waals surface area contributed by atoms with Crippen LogP contribution in [0.1, 0.15) is 71.3 Å². The number of methoxy groups -OCH3 is 1. The summed E-state index contributed by atoms with van der Waals surface area (Å²) in [7, 11) is -6.50. The molecule has 1 rings (SSSR count).